The molecule has 41 heavy (non-hydrogen) atoms. The number of hydrogen-bond donors (Lipinski definition) is 2. The number of hydrogen-bond acceptors (Lipinski definition) is 8. The average Bonchev–Trinajstić information content (AvgIpc) is 2.76. The first-order valence-corrected chi connectivity index (χ1v) is 14.4. The maximum atomic E-state index is 13.3. The van der Waals surface area contributed by atoms with Crippen LogP contribution in [0.3, 0.4) is 0 Å². The van der Waals surface area contributed by atoms with E-state index in [9.17, 15) is 29.4 Å². The van der Waals surface area contributed by atoms with Crippen molar-refractivity contribution in [2.45, 2.75) is 117 Å². The fourth-order valence-corrected chi connectivity index (χ4v) is 7.81. The van der Waals surface area contributed by atoms with Crippen LogP contribution in [0.25, 0.3) is 0 Å². The van der Waals surface area contributed by atoms with Gasteiger partial charge in [0.2, 0.25) is 0 Å². The van der Waals surface area contributed by atoms with Crippen LogP contribution in [-0.4, -0.2) is 79.3 Å². The molecule has 2 saturated heterocycles. The first kappa shape index (κ1) is 34.2. The van der Waals surface area contributed by atoms with Crippen LogP contribution in [0.5, 0.6) is 0 Å². The molecule has 0 aliphatic carbocycles. The molecular weight excluding hydrogens is 528 g/mol. The highest BCUT2D eigenvalue weighted by Gasteiger charge is 2.65. The van der Waals surface area contributed by atoms with Crippen LogP contribution in [0.4, 0.5) is 0 Å². The number of aliphatic carboxylic acids is 2. The third kappa shape index (κ3) is 6.89. The Balaban J connectivity index is 2.56. The van der Waals surface area contributed by atoms with Gasteiger partial charge in [-0.2, -0.15) is 0 Å². The van der Waals surface area contributed by atoms with Crippen molar-refractivity contribution in [2.24, 2.45) is 17.3 Å². The molecule has 2 rings (SSSR count). The van der Waals surface area contributed by atoms with Gasteiger partial charge in [0.15, 0.2) is 5.41 Å². The Morgan fingerprint density at radius 1 is 0.659 bits per heavy atom. The first-order valence-electron chi connectivity index (χ1n) is 14.4. The maximum absolute atomic E-state index is 13.3. The highest BCUT2D eigenvalue weighted by molar-refractivity contribution is 5.99. The number of carboxylic acid groups (broad SMARTS) is 2. The Morgan fingerprint density at radius 2 is 0.927 bits per heavy atom. The number of carbonyl (C=O) groups excluding carboxylic acids is 2. The van der Waals surface area contributed by atoms with Crippen LogP contribution in [0.1, 0.15) is 94.9 Å². The summed E-state index contributed by atoms with van der Waals surface area (Å²) in [6, 6.07) is 0. The molecule has 10 nitrogen and oxygen atoms in total. The van der Waals surface area contributed by atoms with E-state index in [1.165, 1.54) is 12.2 Å². The summed E-state index contributed by atoms with van der Waals surface area (Å²) in [7, 11) is 0. The van der Waals surface area contributed by atoms with Crippen LogP contribution in [-0.2, 0) is 28.7 Å². The van der Waals surface area contributed by atoms with Gasteiger partial charge in [0.1, 0.15) is 0 Å². The lowest BCUT2D eigenvalue weighted by atomic mass is 9.53. The summed E-state index contributed by atoms with van der Waals surface area (Å²) in [5.41, 5.74) is -4.66. The monoisotopic (exact) mass is 578 g/mol. The summed E-state index contributed by atoms with van der Waals surface area (Å²) in [6.45, 7) is 19.5. The van der Waals surface area contributed by atoms with E-state index < -0.39 is 63.3 Å². The Bertz CT molecular complexity index is 952. The molecule has 10 heteroatoms. The fourth-order valence-electron chi connectivity index (χ4n) is 7.81. The van der Waals surface area contributed by atoms with Crippen molar-refractivity contribution in [3.8, 4) is 0 Å². The lowest BCUT2D eigenvalue weighted by molar-refractivity contribution is -0.188. The zero-order chi connectivity index (χ0) is 31.6. The van der Waals surface area contributed by atoms with Crippen molar-refractivity contribution in [1.82, 2.24) is 9.80 Å². The second kappa shape index (κ2) is 12.1. The minimum atomic E-state index is -2.04. The predicted molar refractivity (Wildman–Crippen MR) is 155 cm³/mol. The maximum Gasteiger partial charge on any atom is 0.332 e. The lowest BCUT2D eigenvalue weighted by Crippen LogP contribution is -2.67. The molecule has 0 aromatic carbocycles. The van der Waals surface area contributed by atoms with Crippen LogP contribution >= 0.6 is 0 Å². The van der Waals surface area contributed by atoms with Gasteiger partial charge in [-0.05, 0) is 107 Å². The highest BCUT2D eigenvalue weighted by atomic mass is 16.5. The lowest BCUT2D eigenvalue weighted by Gasteiger charge is -2.61. The van der Waals surface area contributed by atoms with Crippen molar-refractivity contribution in [3.63, 3.8) is 0 Å². The second-order valence-corrected chi connectivity index (χ2v) is 13.8. The topological polar surface area (TPSA) is 134 Å². The quantitative estimate of drug-likeness (QED) is 0.211. The summed E-state index contributed by atoms with van der Waals surface area (Å²) in [5, 5.41) is 21.6. The van der Waals surface area contributed by atoms with Gasteiger partial charge in [-0.25, -0.2) is 9.59 Å². The highest BCUT2D eigenvalue weighted by Crippen LogP contribution is 2.57. The fraction of sp³-hybridized carbons (Fsp3) is 0.742. The van der Waals surface area contributed by atoms with E-state index in [1.807, 2.05) is 65.2 Å². The van der Waals surface area contributed by atoms with Gasteiger partial charge in [-0.1, -0.05) is 0 Å². The number of likely N-dealkylation sites (tertiary alicyclic amines) is 2. The van der Waals surface area contributed by atoms with E-state index in [-0.39, 0.29) is 13.2 Å². The van der Waals surface area contributed by atoms with Crippen LogP contribution in [0.2, 0.25) is 0 Å². The largest absolute Gasteiger partial charge is 0.480 e. The number of carbonyl (C=O) groups is 4. The molecule has 2 heterocycles. The molecule has 2 fully saturated rings. The Morgan fingerprint density at radius 3 is 1.15 bits per heavy atom. The van der Waals surface area contributed by atoms with Crippen LogP contribution in [0.15, 0.2) is 24.6 Å². The molecule has 0 spiro atoms. The molecule has 0 aromatic heterocycles. The first-order chi connectivity index (χ1) is 18.7. The van der Waals surface area contributed by atoms with E-state index >= 15 is 0 Å². The average molecular weight is 579 g/mol. The van der Waals surface area contributed by atoms with Gasteiger partial charge in [0, 0.05) is 46.7 Å². The zero-order valence-corrected chi connectivity index (χ0v) is 26.4. The summed E-state index contributed by atoms with van der Waals surface area (Å²) < 4.78 is 10.1. The van der Waals surface area contributed by atoms with Crippen molar-refractivity contribution in [1.29, 1.82) is 0 Å². The third-order valence-corrected chi connectivity index (χ3v) is 8.88. The van der Waals surface area contributed by atoms with Crippen molar-refractivity contribution in [2.75, 3.05) is 13.2 Å². The van der Waals surface area contributed by atoms with Gasteiger partial charge in [0.05, 0.1) is 13.2 Å². The molecule has 0 unspecified atom stereocenters. The number of esters is 2. The second-order valence-electron chi connectivity index (χ2n) is 13.8. The number of ether oxygens (including phenoxy) is 2. The molecule has 2 aliphatic heterocycles. The summed E-state index contributed by atoms with van der Waals surface area (Å²) >= 11 is 0. The number of rotatable bonds is 10. The molecule has 0 bridgehead atoms. The van der Waals surface area contributed by atoms with Crippen molar-refractivity contribution < 1.29 is 38.9 Å². The standard InChI is InChI=1S/C31H50N2O8/c1-11-40-23(34)13-15-32-27(3,4)17-21(18-28(32,5)6)31(25(36)37,26(38)39)22-19-29(7,8)33(30(9,10)20-22)16-14-24(35)41-12-2/h13-16,21-22H,11-12,17-20H2,1-10H3,(H,36,37)(H,38,39). The van der Waals surface area contributed by atoms with Crippen LogP contribution in [0, 0.1) is 17.3 Å². The molecule has 0 radical (unpaired) electrons. The Hall–Kier alpha value is -3.04. The zero-order valence-electron chi connectivity index (χ0n) is 26.4. The number of piperidine rings is 2. The van der Waals surface area contributed by atoms with Gasteiger partial charge in [-0.3, -0.25) is 9.59 Å². The molecular formula is C31H50N2O8. The van der Waals surface area contributed by atoms with Crippen LogP contribution < -0.4 is 0 Å². The minimum absolute atomic E-state index is 0.252. The smallest absolute Gasteiger partial charge is 0.332 e. The van der Waals surface area contributed by atoms with Gasteiger partial charge in [-0.15, -0.1) is 0 Å². The minimum Gasteiger partial charge on any atom is -0.480 e. The van der Waals surface area contributed by atoms with E-state index in [0.717, 1.165) is 0 Å². The molecule has 232 valence electrons. The summed E-state index contributed by atoms with van der Waals surface area (Å²) in [4.78, 5) is 54.7. The summed E-state index contributed by atoms with van der Waals surface area (Å²) in [5.74, 6) is -4.98. The summed E-state index contributed by atoms with van der Waals surface area (Å²) in [6.07, 6.45) is 7.27. The third-order valence-electron chi connectivity index (χ3n) is 8.88. The van der Waals surface area contributed by atoms with Crippen molar-refractivity contribution >= 4 is 23.9 Å². The van der Waals surface area contributed by atoms with E-state index in [0.29, 0.717) is 25.7 Å². The molecule has 2 N–H and O–H groups in total. The Kier molecular flexibility index (Phi) is 10.0. The molecule has 0 atom stereocenters. The molecule has 0 aromatic rings. The van der Waals surface area contributed by atoms with E-state index in [4.69, 9.17) is 9.47 Å². The normalized spacial score (nSPS) is 22.6. The van der Waals surface area contributed by atoms with Gasteiger partial charge in [0.25, 0.3) is 0 Å². The molecule has 0 saturated carbocycles. The molecule has 2 aliphatic rings. The van der Waals surface area contributed by atoms with Gasteiger partial charge < -0.3 is 29.5 Å². The van der Waals surface area contributed by atoms with Gasteiger partial charge >= 0.3 is 23.9 Å². The number of nitrogens with zero attached hydrogens (tertiary/aromatic N) is 2. The Labute approximate surface area is 244 Å². The molecule has 0 amide bonds. The van der Waals surface area contributed by atoms with Crippen molar-refractivity contribution in [3.05, 3.63) is 24.6 Å². The van der Waals surface area contributed by atoms with E-state index in [2.05, 4.69) is 0 Å². The predicted octanol–water partition coefficient (Wildman–Crippen LogP) is 4.83. The van der Waals surface area contributed by atoms with E-state index in [1.54, 1.807) is 26.2 Å². The SMILES string of the molecule is CCOC(=O)C=CN1C(C)(C)CC(C(C(=O)O)(C(=O)O)C2CC(C)(C)N(C=CC(=O)OCC)C(C)(C)C2)CC1(C)C. The number of carboxylic acids is 2.